The van der Waals surface area contributed by atoms with Crippen molar-refractivity contribution >= 4 is 5.82 Å². The van der Waals surface area contributed by atoms with E-state index in [2.05, 4.69) is 25.6 Å². The first kappa shape index (κ1) is 13.9. The van der Waals surface area contributed by atoms with Gasteiger partial charge in [0, 0.05) is 18.9 Å². The van der Waals surface area contributed by atoms with Gasteiger partial charge >= 0.3 is 0 Å². The van der Waals surface area contributed by atoms with Crippen molar-refractivity contribution < 1.29 is 4.74 Å². The second-order valence-electron chi connectivity index (χ2n) is 5.37. The number of aryl methyl sites for hydroxylation is 1. The molecule has 0 bridgehead atoms. The molecule has 2 heterocycles. The molecule has 0 spiro atoms. The zero-order valence-electron chi connectivity index (χ0n) is 12.4. The van der Waals surface area contributed by atoms with Crippen LogP contribution in [0.3, 0.4) is 0 Å². The van der Waals surface area contributed by atoms with E-state index in [4.69, 9.17) is 4.74 Å². The zero-order valence-corrected chi connectivity index (χ0v) is 12.4. The van der Waals surface area contributed by atoms with E-state index in [1.165, 1.54) is 19.3 Å². The van der Waals surface area contributed by atoms with Crippen LogP contribution < -0.4 is 5.32 Å². The van der Waals surface area contributed by atoms with Gasteiger partial charge in [0.15, 0.2) is 5.82 Å². The average Bonchev–Trinajstić information content (AvgIpc) is 2.82. The Labute approximate surface area is 123 Å². The molecule has 2 aromatic rings. The van der Waals surface area contributed by atoms with Crippen molar-refractivity contribution in [2.45, 2.75) is 45.4 Å². The maximum absolute atomic E-state index is 5.07. The summed E-state index contributed by atoms with van der Waals surface area (Å²) in [4.78, 5) is 8.72. The van der Waals surface area contributed by atoms with Gasteiger partial charge in [-0.2, -0.15) is 0 Å². The molecule has 0 radical (unpaired) electrons. The molecule has 0 amide bonds. The van der Waals surface area contributed by atoms with E-state index in [1.807, 2.05) is 23.9 Å². The maximum Gasteiger partial charge on any atom is 0.156 e. The summed E-state index contributed by atoms with van der Waals surface area (Å²) in [7, 11) is 1.64. The number of hydrogen-bond donors (Lipinski definition) is 1. The lowest BCUT2D eigenvalue weighted by Gasteiger charge is -2.24. The Morgan fingerprint density at radius 2 is 2.24 bits per heavy atom. The fourth-order valence-electron chi connectivity index (χ4n) is 2.32. The summed E-state index contributed by atoms with van der Waals surface area (Å²) in [5, 5.41) is 11.7. The number of nitrogens with zero attached hydrogens (tertiary/aromatic N) is 5. The number of anilines is 1. The first-order valence-corrected chi connectivity index (χ1v) is 7.22. The summed E-state index contributed by atoms with van der Waals surface area (Å²) in [6, 6.07) is 2.45. The van der Waals surface area contributed by atoms with Crippen LogP contribution in [0.1, 0.15) is 42.5 Å². The topological polar surface area (TPSA) is 77.8 Å². The second-order valence-corrected chi connectivity index (χ2v) is 5.37. The van der Waals surface area contributed by atoms with Gasteiger partial charge in [-0.25, -0.2) is 14.6 Å². The Morgan fingerprint density at radius 3 is 2.95 bits per heavy atom. The van der Waals surface area contributed by atoms with E-state index >= 15 is 0 Å². The third-order valence-corrected chi connectivity index (χ3v) is 3.63. The lowest BCUT2D eigenvalue weighted by Crippen LogP contribution is -2.17. The minimum absolute atomic E-state index is 0.411. The number of ether oxygens (including phenoxy) is 1. The highest BCUT2D eigenvalue weighted by Crippen LogP contribution is 2.30. The van der Waals surface area contributed by atoms with Crippen LogP contribution in [0.5, 0.6) is 0 Å². The van der Waals surface area contributed by atoms with E-state index in [0.717, 1.165) is 17.2 Å². The van der Waals surface area contributed by atoms with E-state index < -0.39 is 0 Å². The molecule has 0 aromatic carbocycles. The van der Waals surface area contributed by atoms with E-state index in [-0.39, 0.29) is 0 Å². The van der Waals surface area contributed by atoms with Crippen molar-refractivity contribution in [3.63, 3.8) is 0 Å². The van der Waals surface area contributed by atoms with Crippen molar-refractivity contribution in [3.05, 3.63) is 29.5 Å². The van der Waals surface area contributed by atoms with Gasteiger partial charge in [0.2, 0.25) is 0 Å². The Hall–Kier alpha value is -2.02. The van der Waals surface area contributed by atoms with Crippen LogP contribution in [-0.2, 0) is 17.9 Å². The van der Waals surface area contributed by atoms with Gasteiger partial charge in [0.1, 0.15) is 18.1 Å². The Kier molecular flexibility index (Phi) is 4.10. The maximum atomic E-state index is 5.07. The minimum atomic E-state index is 0.411. The third kappa shape index (κ3) is 3.36. The van der Waals surface area contributed by atoms with Gasteiger partial charge in [0.05, 0.1) is 18.8 Å². The summed E-state index contributed by atoms with van der Waals surface area (Å²) in [5.74, 6) is 1.46. The van der Waals surface area contributed by atoms with Crippen molar-refractivity contribution in [1.29, 1.82) is 0 Å². The lowest BCUT2D eigenvalue weighted by atomic mass is 9.93. The van der Waals surface area contributed by atoms with Crippen LogP contribution in [0.25, 0.3) is 0 Å². The first-order valence-electron chi connectivity index (χ1n) is 7.22. The van der Waals surface area contributed by atoms with Gasteiger partial charge in [-0.05, 0) is 26.2 Å². The van der Waals surface area contributed by atoms with Gasteiger partial charge in [-0.1, -0.05) is 5.21 Å². The van der Waals surface area contributed by atoms with Crippen LogP contribution in [0, 0.1) is 6.92 Å². The van der Waals surface area contributed by atoms with Crippen LogP contribution in [0.2, 0.25) is 0 Å². The quantitative estimate of drug-likeness (QED) is 0.874. The number of hydrogen-bond acceptors (Lipinski definition) is 6. The molecule has 0 aliphatic heterocycles. The fourth-order valence-corrected chi connectivity index (χ4v) is 2.32. The highest BCUT2D eigenvalue weighted by Gasteiger charge is 2.20. The van der Waals surface area contributed by atoms with Crippen LogP contribution in [-0.4, -0.2) is 32.1 Å². The molecule has 112 valence electrons. The van der Waals surface area contributed by atoms with E-state index in [9.17, 15) is 0 Å². The normalized spacial score (nSPS) is 15.0. The molecule has 1 aliphatic rings. The predicted octanol–water partition coefficient (Wildman–Crippen LogP) is 1.86. The molecule has 1 N–H and O–H groups in total. The summed E-state index contributed by atoms with van der Waals surface area (Å²) in [5.41, 5.74) is 1.84. The summed E-state index contributed by atoms with van der Waals surface area (Å²) >= 11 is 0. The summed E-state index contributed by atoms with van der Waals surface area (Å²) in [6.45, 7) is 2.96. The smallest absolute Gasteiger partial charge is 0.156 e. The molecule has 0 unspecified atom stereocenters. The van der Waals surface area contributed by atoms with Crippen molar-refractivity contribution in [1.82, 2.24) is 25.0 Å². The number of rotatable bonds is 6. The SMILES string of the molecule is COCc1nc(C)cc(NCc2cn(C3CCC3)nn2)n1. The second kappa shape index (κ2) is 6.17. The molecule has 1 saturated carbocycles. The average molecular weight is 288 g/mol. The highest BCUT2D eigenvalue weighted by molar-refractivity contribution is 5.36. The molecular formula is C14H20N6O. The molecule has 3 rings (SSSR count). The molecule has 0 saturated heterocycles. The molecule has 1 fully saturated rings. The van der Waals surface area contributed by atoms with Gasteiger partial charge in [0.25, 0.3) is 0 Å². The molecular weight excluding hydrogens is 268 g/mol. The summed E-state index contributed by atoms with van der Waals surface area (Å²) < 4.78 is 7.04. The van der Waals surface area contributed by atoms with Crippen LogP contribution in [0.15, 0.2) is 12.3 Å². The fraction of sp³-hybridized carbons (Fsp3) is 0.571. The van der Waals surface area contributed by atoms with E-state index in [0.29, 0.717) is 25.0 Å². The van der Waals surface area contributed by atoms with Crippen molar-refractivity contribution in [2.75, 3.05) is 12.4 Å². The Balaban J connectivity index is 1.62. The molecule has 2 aromatic heterocycles. The van der Waals surface area contributed by atoms with Crippen molar-refractivity contribution in [2.24, 2.45) is 0 Å². The lowest BCUT2D eigenvalue weighted by molar-refractivity contribution is 0.177. The van der Waals surface area contributed by atoms with Crippen LogP contribution in [0.4, 0.5) is 5.82 Å². The molecule has 1 aliphatic carbocycles. The van der Waals surface area contributed by atoms with Gasteiger partial charge < -0.3 is 10.1 Å². The Bertz CT molecular complexity index is 607. The predicted molar refractivity (Wildman–Crippen MR) is 77.7 cm³/mol. The number of methoxy groups -OCH3 is 1. The molecule has 21 heavy (non-hydrogen) atoms. The third-order valence-electron chi connectivity index (χ3n) is 3.63. The van der Waals surface area contributed by atoms with E-state index in [1.54, 1.807) is 7.11 Å². The van der Waals surface area contributed by atoms with Crippen LogP contribution >= 0.6 is 0 Å². The molecule has 0 atom stereocenters. The van der Waals surface area contributed by atoms with Gasteiger partial charge in [-0.15, -0.1) is 5.10 Å². The Morgan fingerprint density at radius 1 is 1.38 bits per heavy atom. The highest BCUT2D eigenvalue weighted by atomic mass is 16.5. The van der Waals surface area contributed by atoms with Gasteiger partial charge in [-0.3, -0.25) is 0 Å². The standard InChI is InChI=1S/C14H20N6O/c1-10-6-13(17-14(16-10)9-21-2)15-7-11-8-20(19-18-11)12-4-3-5-12/h6,8,12H,3-5,7,9H2,1-2H3,(H,15,16,17). The molecule has 7 heteroatoms. The first-order chi connectivity index (χ1) is 10.2. The largest absolute Gasteiger partial charge is 0.377 e. The number of aromatic nitrogens is 5. The monoisotopic (exact) mass is 288 g/mol. The zero-order chi connectivity index (χ0) is 14.7. The molecule has 7 nitrogen and oxygen atoms in total. The summed E-state index contributed by atoms with van der Waals surface area (Å²) in [6.07, 6.45) is 5.73. The van der Waals surface area contributed by atoms with Crippen molar-refractivity contribution in [3.8, 4) is 0 Å². The number of nitrogens with one attached hydrogen (secondary N) is 1. The minimum Gasteiger partial charge on any atom is -0.377 e.